The van der Waals surface area contributed by atoms with Gasteiger partial charge in [0.1, 0.15) is 4.88 Å². The first kappa shape index (κ1) is 21.8. The van der Waals surface area contributed by atoms with Crippen LogP contribution in [-0.2, 0) is 19.4 Å². The smallest absolute Gasteiger partial charge is 0.350 e. The monoisotopic (exact) mass is 464 g/mol. The van der Waals surface area contributed by atoms with E-state index in [2.05, 4.69) is 15.0 Å². The third kappa shape index (κ3) is 4.93. The van der Waals surface area contributed by atoms with Gasteiger partial charge in [0.25, 0.3) is 5.91 Å². The number of hydrogen-bond donors (Lipinski definition) is 0. The van der Waals surface area contributed by atoms with Crippen molar-refractivity contribution in [2.24, 2.45) is 0 Å². The first-order valence-electron chi connectivity index (χ1n) is 10.3. The van der Waals surface area contributed by atoms with Gasteiger partial charge in [-0.3, -0.25) is 4.79 Å². The van der Waals surface area contributed by atoms with Crippen LogP contribution in [0.4, 0.5) is 0 Å². The van der Waals surface area contributed by atoms with Crippen LogP contribution < -0.4 is 0 Å². The van der Waals surface area contributed by atoms with Gasteiger partial charge in [-0.2, -0.15) is 0 Å². The van der Waals surface area contributed by atoms with E-state index in [0.717, 1.165) is 37.0 Å². The van der Waals surface area contributed by atoms with Gasteiger partial charge in [0, 0.05) is 24.5 Å². The van der Waals surface area contributed by atoms with E-state index in [0.29, 0.717) is 27.8 Å². The number of rotatable bonds is 6. The number of carbonyl (C=O) groups is 2. The van der Waals surface area contributed by atoms with Crippen LogP contribution in [0.2, 0.25) is 0 Å². The molecule has 1 saturated heterocycles. The van der Waals surface area contributed by atoms with Gasteiger partial charge in [-0.1, -0.05) is 12.8 Å². The highest BCUT2D eigenvalue weighted by Gasteiger charge is 2.39. The number of sulfone groups is 1. The molecular weight excluding hydrogens is 440 g/mol. The Morgan fingerprint density at radius 2 is 1.87 bits per heavy atom. The van der Waals surface area contributed by atoms with E-state index in [1.54, 1.807) is 30.3 Å². The van der Waals surface area contributed by atoms with Crippen molar-refractivity contribution in [3.63, 3.8) is 0 Å². The van der Waals surface area contributed by atoms with E-state index in [9.17, 15) is 18.0 Å². The van der Waals surface area contributed by atoms with Crippen LogP contribution >= 0.6 is 11.3 Å². The molecule has 11 heteroatoms. The van der Waals surface area contributed by atoms with Crippen molar-refractivity contribution in [3.8, 4) is 10.8 Å². The maximum Gasteiger partial charge on any atom is 0.350 e. The van der Waals surface area contributed by atoms with Crippen LogP contribution in [0.3, 0.4) is 0 Å². The number of ether oxygens (including phenoxy) is 1. The summed E-state index contributed by atoms with van der Waals surface area (Å²) in [5, 5.41) is 0.500. The van der Waals surface area contributed by atoms with Crippen LogP contribution in [0.5, 0.6) is 0 Å². The van der Waals surface area contributed by atoms with Crippen molar-refractivity contribution < 1.29 is 22.7 Å². The summed E-state index contributed by atoms with van der Waals surface area (Å²) in [7, 11) is -3.13. The molecule has 1 atom stereocenters. The fourth-order valence-corrected chi connectivity index (χ4v) is 6.86. The second-order valence-corrected chi connectivity index (χ2v) is 11.1. The van der Waals surface area contributed by atoms with Crippen molar-refractivity contribution >= 4 is 33.1 Å². The number of hydrogen-bond acceptors (Lipinski definition) is 9. The van der Waals surface area contributed by atoms with Gasteiger partial charge in [0.15, 0.2) is 27.3 Å². The molecule has 2 aliphatic rings. The molecule has 0 spiro atoms. The molecule has 0 N–H and O–H groups in total. The van der Waals surface area contributed by atoms with Crippen molar-refractivity contribution in [1.82, 2.24) is 19.9 Å². The predicted molar refractivity (Wildman–Crippen MR) is 114 cm³/mol. The zero-order valence-corrected chi connectivity index (χ0v) is 18.8. The highest BCUT2D eigenvalue weighted by Crippen LogP contribution is 2.30. The lowest BCUT2D eigenvalue weighted by molar-refractivity contribution is -0.139. The molecule has 0 aromatic carbocycles. The highest BCUT2D eigenvalue weighted by molar-refractivity contribution is 7.91. The van der Waals surface area contributed by atoms with E-state index in [-0.39, 0.29) is 29.5 Å². The molecule has 1 saturated carbocycles. The summed E-state index contributed by atoms with van der Waals surface area (Å²) < 4.78 is 29.2. The molecule has 0 bridgehead atoms. The van der Waals surface area contributed by atoms with E-state index in [1.807, 2.05) is 0 Å². The Labute approximate surface area is 184 Å². The Hall–Kier alpha value is -2.40. The zero-order chi connectivity index (χ0) is 22.0. The maximum absolute atomic E-state index is 13.0. The molecule has 2 fully saturated rings. The Bertz CT molecular complexity index is 1060. The van der Waals surface area contributed by atoms with E-state index in [4.69, 9.17) is 4.74 Å². The molecule has 2 aromatic heterocycles. The standard InChI is InChI=1S/C20H24N4O5S2/c1-13-17(30-19(23-13)18-21-8-4-9-22-18)20(26)29-11-16(25)24(14-5-2-3-6-14)15-7-10-31(27,28)12-15/h4,8-9,14-15H,2-3,5-7,10-12H2,1H3. The lowest BCUT2D eigenvalue weighted by Gasteiger charge is -2.33. The minimum absolute atomic E-state index is 0.0106. The summed E-state index contributed by atoms with van der Waals surface area (Å²) in [4.78, 5) is 40.2. The first-order valence-corrected chi connectivity index (χ1v) is 12.9. The summed E-state index contributed by atoms with van der Waals surface area (Å²) >= 11 is 1.12. The summed E-state index contributed by atoms with van der Waals surface area (Å²) in [6, 6.07) is 1.36. The third-order valence-electron chi connectivity index (χ3n) is 5.67. The van der Waals surface area contributed by atoms with Gasteiger partial charge in [0.2, 0.25) is 0 Å². The van der Waals surface area contributed by atoms with Crippen molar-refractivity contribution in [2.75, 3.05) is 18.1 Å². The minimum Gasteiger partial charge on any atom is -0.451 e. The molecule has 3 heterocycles. The van der Waals surface area contributed by atoms with E-state index < -0.39 is 22.4 Å². The number of aromatic nitrogens is 3. The number of thiazole rings is 1. The topological polar surface area (TPSA) is 119 Å². The Morgan fingerprint density at radius 1 is 1.16 bits per heavy atom. The fourth-order valence-electron chi connectivity index (χ4n) is 4.24. The molecule has 4 rings (SSSR count). The third-order valence-corrected chi connectivity index (χ3v) is 8.56. The molecule has 166 valence electrons. The summed E-state index contributed by atoms with van der Waals surface area (Å²) in [5.74, 6) is -0.469. The Morgan fingerprint density at radius 3 is 2.52 bits per heavy atom. The van der Waals surface area contributed by atoms with Gasteiger partial charge >= 0.3 is 5.97 Å². The lowest BCUT2D eigenvalue weighted by Crippen LogP contribution is -2.48. The van der Waals surface area contributed by atoms with Crippen molar-refractivity contribution in [1.29, 1.82) is 0 Å². The summed E-state index contributed by atoms with van der Waals surface area (Å²) in [6.45, 7) is 1.27. The Kier molecular flexibility index (Phi) is 6.33. The predicted octanol–water partition coefficient (Wildman–Crippen LogP) is 2.02. The normalized spacial score (nSPS) is 20.6. The molecule has 0 radical (unpaired) electrons. The quantitative estimate of drug-likeness (QED) is 0.596. The molecule has 1 aliphatic heterocycles. The molecule has 1 unspecified atom stereocenters. The number of amides is 1. The number of esters is 1. The minimum atomic E-state index is -3.13. The molecular formula is C20H24N4O5S2. The highest BCUT2D eigenvalue weighted by atomic mass is 32.2. The van der Waals surface area contributed by atoms with Gasteiger partial charge in [-0.25, -0.2) is 28.2 Å². The molecule has 1 aliphatic carbocycles. The van der Waals surface area contributed by atoms with Crippen molar-refractivity contribution in [3.05, 3.63) is 29.0 Å². The van der Waals surface area contributed by atoms with Crippen LogP contribution in [0, 0.1) is 6.92 Å². The van der Waals surface area contributed by atoms with Gasteiger partial charge in [-0.15, -0.1) is 11.3 Å². The van der Waals surface area contributed by atoms with Crippen molar-refractivity contribution in [2.45, 2.75) is 51.1 Å². The summed E-state index contributed by atoms with van der Waals surface area (Å²) in [5.41, 5.74) is 0.486. The fraction of sp³-hybridized carbons (Fsp3) is 0.550. The van der Waals surface area contributed by atoms with Crippen LogP contribution in [0.15, 0.2) is 18.5 Å². The van der Waals surface area contributed by atoms with E-state index in [1.165, 1.54) is 0 Å². The van der Waals surface area contributed by atoms with Crippen LogP contribution in [0.25, 0.3) is 10.8 Å². The lowest BCUT2D eigenvalue weighted by atomic mass is 10.1. The number of aryl methyl sites for hydroxylation is 1. The second kappa shape index (κ2) is 8.99. The average Bonchev–Trinajstić information content (AvgIpc) is 3.48. The largest absolute Gasteiger partial charge is 0.451 e. The molecule has 2 aromatic rings. The van der Waals surface area contributed by atoms with Crippen LogP contribution in [0.1, 0.15) is 47.5 Å². The molecule has 9 nitrogen and oxygen atoms in total. The molecule has 1 amide bonds. The maximum atomic E-state index is 13.0. The number of nitrogens with zero attached hydrogens (tertiary/aromatic N) is 4. The van der Waals surface area contributed by atoms with E-state index >= 15 is 0 Å². The second-order valence-electron chi connectivity index (χ2n) is 7.88. The summed E-state index contributed by atoms with van der Waals surface area (Å²) in [6.07, 6.45) is 7.35. The zero-order valence-electron chi connectivity index (χ0n) is 17.2. The van der Waals surface area contributed by atoms with Gasteiger partial charge < -0.3 is 9.64 Å². The first-order chi connectivity index (χ1) is 14.8. The average molecular weight is 465 g/mol. The number of carbonyl (C=O) groups excluding carboxylic acids is 2. The van der Waals surface area contributed by atoms with Gasteiger partial charge in [-0.05, 0) is 32.3 Å². The van der Waals surface area contributed by atoms with Gasteiger partial charge in [0.05, 0.1) is 17.2 Å². The SMILES string of the molecule is Cc1nc(-c2ncccn2)sc1C(=O)OCC(=O)N(C1CCCC1)C1CCS(=O)(=O)C1. The molecule has 31 heavy (non-hydrogen) atoms. The van der Waals surface area contributed by atoms with Crippen LogP contribution in [-0.4, -0.2) is 70.3 Å². The Balaban J connectivity index is 1.44.